The minimum atomic E-state index is 0.392. The topological polar surface area (TPSA) is 43.5 Å². The molecule has 3 rings (SSSR count). The summed E-state index contributed by atoms with van der Waals surface area (Å²) in [7, 11) is 0. The Kier molecular flexibility index (Phi) is 3.75. The Morgan fingerprint density at radius 2 is 1.50 bits per heavy atom. The summed E-state index contributed by atoms with van der Waals surface area (Å²) < 4.78 is 20.1. The third-order valence-electron chi connectivity index (χ3n) is 2.34. The summed E-state index contributed by atoms with van der Waals surface area (Å²) in [5, 5.41) is 0. The van der Waals surface area contributed by atoms with E-state index in [-0.39, 0.29) is 0 Å². The molecule has 0 radical (unpaired) electrons. The number of hydrogen-bond acceptors (Lipinski definition) is 4. The van der Waals surface area contributed by atoms with Gasteiger partial charge in [0.25, 0.3) is 0 Å². The van der Waals surface area contributed by atoms with E-state index in [9.17, 15) is 0 Å². The molecule has 3 saturated heterocycles. The molecule has 3 atom stereocenters. The fourth-order valence-electron chi connectivity index (χ4n) is 1.01. The molecule has 0 bridgehead atoms. The second-order valence-electron chi connectivity index (χ2n) is 3.92. The third kappa shape index (κ3) is 4.37. The summed E-state index contributed by atoms with van der Waals surface area (Å²) in [6, 6.07) is 0. The Labute approximate surface area is 84.5 Å². The van der Waals surface area contributed by atoms with E-state index in [0.29, 0.717) is 18.3 Å². The Morgan fingerprint density at radius 1 is 1.07 bits per heavy atom. The maximum absolute atomic E-state index is 5.23. The molecule has 0 aliphatic carbocycles. The zero-order valence-corrected chi connectivity index (χ0v) is 8.61. The number of hydrogen-bond donors (Lipinski definition) is 0. The van der Waals surface area contributed by atoms with Crippen molar-refractivity contribution in [2.45, 2.75) is 31.7 Å². The van der Waals surface area contributed by atoms with E-state index in [1.165, 1.54) is 6.42 Å². The molecular formula is C10H18O4. The summed E-state index contributed by atoms with van der Waals surface area (Å²) in [6.45, 7) is 6.33. The van der Waals surface area contributed by atoms with E-state index in [4.69, 9.17) is 18.9 Å². The van der Waals surface area contributed by atoms with Crippen LogP contribution in [-0.4, -0.2) is 51.3 Å². The molecule has 0 amide bonds. The molecule has 0 aromatic heterocycles. The van der Waals surface area contributed by atoms with Crippen molar-refractivity contribution < 1.29 is 18.9 Å². The highest BCUT2D eigenvalue weighted by Gasteiger charge is 2.26. The van der Waals surface area contributed by atoms with Gasteiger partial charge in [-0.3, -0.25) is 0 Å². The van der Waals surface area contributed by atoms with Gasteiger partial charge in [0, 0.05) is 6.61 Å². The van der Waals surface area contributed by atoms with Gasteiger partial charge in [-0.15, -0.1) is 0 Å². The third-order valence-corrected chi connectivity index (χ3v) is 2.34. The summed E-state index contributed by atoms with van der Waals surface area (Å²) in [5.74, 6) is 0. The highest BCUT2D eigenvalue weighted by molar-refractivity contribution is 4.71. The zero-order chi connectivity index (χ0) is 9.80. The summed E-state index contributed by atoms with van der Waals surface area (Å²) in [5.41, 5.74) is 0. The molecule has 3 aliphatic heterocycles. The lowest BCUT2D eigenvalue weighted by Crippen LogP contribution is -2.22. The van der Waals surface area contributed by atoms with Gasteiger partial charge in [-0.2, -0.15) is 0 Å². The van der Waals surface area contributed by atoms with Gasteiger partial charge in [0.2, 0.25) is 0 Å². The summed E-state index contributed by atoms with van der Waals surface area (Å²) >= 11 is 0. The van der Waals surface area contributed by atoms with Gasteiger partial charge >= 0.3 is 0 Å². The Balaban J connectivity index is 0.000000128. The van der Waals surface area contributed by atoms with Gasteiger partial charge in [0.15, 0.2) is 0 Å². The lowest BCUT2D eigenvalue weighted by atomic mass is 10.2. The van der Waals surface area contributed by atoms with Crippen LogP contribution in [0.1, 0.15) is 13.3 Å². The van der Waals surface area contributed by atoms with E-state index in [1.54, 1.807) is 0 Å². The first-order chi connectivity index (χ1) is 6.84. The lowest BCUT2D eigenvalue weighted by molar-refractivity contribution is -0.0375. The first-order valence-electron chi connectivity index (χ1n) is 5.27. The second kappa shape index (κ2) is 5.07. The van der Waals surface area contributed by atoms with Crippen molar-refractivity contribution in [1.82, 2.24) is 0 Å². The number of epoxide rings is 2. The van der Waals surface area contributed by atoms with E-state index >= 15 is 0 Å². The molecule has 82 valence electrons. The molecule has 4 nitrogen and oxygen atoms in total. The quantitative estimate of drug-likeness (QED) is 0.626. The summed E-state index contributed by atoms with van der Waals surface area (Å²) in [4.78, 5) is 0. The Hall–Kier alpha value is -0.160. The molecule has 0 aromatic carbocycles. The standard InChI is InChI=1S/C6H10O3.C4H8O/c1(5-3-8-5)7-2-6-4-9-6;1-4-2-3-5-4/h5-6H,1-4H2;4H,2-3H2,1H3. The van der Waals surface area contributed by atoms with Gasteiger partial charge in [0.1, 0.15) is 12.2 Å². The average Bonchev–Trinajstić information content (AvgIpc) is 2.95. The molecule has 3 unspecified atom stereocenters. The van der Waals surface area contributed by atoms with Crippen LogP contribution >= 0.6 is 0 Å². The van der Waals surface area contributed by atoms with Crippen molar-refractivity contribution in [2.24, 2.45) is 0 Å². The number of ether oxygens (including phenoxy) is 4. The molecule has 0 spiro atoms. The van der Waals surface area contributed by atoms with E-state index in [0.717, 1.165) is 33.0 Å². The average molecular weight is 202 g/mol. The molecule has 3 fully saturated rings. The maximum atomic E-state index is 5.23. The van der Waals surface area contributed by atoms with Crippen LogP contribution in [0.3, 0.4) is 0 Å². The molecular weight excluding hydrogens is 184 g/mol. The van der Waals surface area contributed by atoms with Crippen molar-refractivity contribution in [3.63, 3.8) is 0 Å². The van der Waals surface area contributed by atoms with Gasteiger partial charge in [-0.1, -0.05) is 0 Å². The fourth-order valence-corrected chi connectivity index (χ4v) is 1.01. The molecule has 14 heavy (non-hydrogen) atoms. The molecule has 0 saturated carbocycles. The first-order valence-corrected chi connectivity index (χ1v) is 5.27. The van der Waals surface area contributed by atoms with E-state index in [1.807, 2.05) is 0 Å². The Morgan fingerprint density at radius 3 is 1.71 bits per heavy atom. The van der Waals surface area contributed by atoms with Gasteiger partial charge < -0.3 is 18.9 Å². The smallest absolute Gasteiger partial charge is 0.104 e. The van der Waals surface area contributed by atoms with Crippen LogP contribution in [0.2, 0.25) is 0 Å². The minimum Gasteiger partial charge on any atom is -0.378 e. The van der Waals surface area contributed by atoms with Crippen LogP contribution in [0.25, 0.3) is 0 Å². The first kappa shape index (κ1) is 10.4. The lowest BCUT2D eigenvalue weighted by Gasteiger charge is -2.20. The Bertz CT molecular complexity index is 150. The highest BCUT2D eigenvalue weighted by atomic mass is 16.6. The van der Waals surface area contributed by atoms with Crippen molar-refractivity contribution >= 4 is 0 Å². The minimum absolute atomic E-state index is 0.392. The summed E-state index contributed by atoms with van der Waals surface area (Å²) in [6.07, 6.45) is 2.61. The monoisotopic (exact) mass is 202 g/mol. The van der Waals surface area contributed by atoms with Gasteiger partial charge in [0.05, 0.1) is 32.5 Å². The SMILES string of the molecule is C(OCC1CO1)C1CO1.CC1CCO1. The maximum Gasteiger partial charge on any atom is 0.104 e. The van der Waals surface area contributed by atoms with Gasteiger partial charge in [-0.05, 0) is 13.3 Å². The molecule has 0 N–H and O–H groups in total. The van der Waals surface area contributed by atoms with Gasteiger partial charge in [-0.25, -0.2) is 0 Å². The largest absolute Gasteiger partial charge is 0.378 e. The van der Waals surface area contributed by atoms with Crippen LogP contribution in [0.15, 0.2) is 0 Å². The van der Waals surface area contributed by atoms with Crippen molar-refractivity contribution in [1.29, 1.82) is 0 Å². The van der Waals surface area contributed by atoms with Crippen LogP contribution in [0, 0.1) is 0 Å². The van der Waals surface area contributed by atoms with Crippen molar-refractivity contribution in [3.8, 4) is 0 Å². The number of rotatable bonds is 4. The van der Waals surface area contributed by atoms with E-state index < -0.39 is 0 Å². The predicted molar refractivity (Wildman–Crippen MR) is 50.3 cm³/mol. The molecule has 4 heteroatoms. The molecule has 0 aromatic rings. The zero-order valence-electron chi connectivity index (χ0n) is 8.61. The second-order valence-corrected chi connectivity index (χ2v) is 3.92. The van der Waals surface area contributed by atoms with Crippen LogP contribution in [0.4, 0.5) is 0 Å². The van der Waals surface area contributed by atoms with E-state index in [2.05, 4.69) is 6.92 Å². The molecule has 3 aliphatic rings. The predicted octanol–water partition coefficient (Wildman–Crippen LogP) is 0.596. The van der Waals surface area contributed by atoms with Crippen LogP contribution in [0.5, 0.6) is 0 Å². The normalized spacial score (nSPS) is 37.9. The van der Waals surface area contributed by atoms with Crippen LogP contribution in [-0.2, 0) is 18.9 Å². The van der Waals surface area contributed by atoms with Crippen LogP contribution < -0.4 is 0 Å². The highest BCUT2D eigenvalue weighted by Crippen LogP contribution is 2.12. The van der Waals surface area contributed by atoms with Crippen molar-refractivity contribution in [2.75, 3.05) is 33.0 Å². The van der Waals surface area contributed by atoms with Crippen molar-refractivity contribution in [3.05, 3.63) is 0 Å². The molecule has 3 heterocycles. The fraction of sp³-hybridized carbons (Fsp3) is 1.00.